The van der Waals surface area contributed by atoms with E-state index in [9.17, 15) is 4.79 Å². The van der Waals surface area contributed by atoms with E-state index < -0.39 is 11.9 Å². The van der Waals surface area contributed by atoms with Gasteiger partial charge in [-0.1, -0.05) is 23.7 Å². The number of hydrogen-bond acceptors (Lipinski definition) is 3. The lowest BCUT2D eigenvalue weighted by molar-refractivity contribution is -0.138. The van der Waals surface area contributed by atoms with Gasteiger partial charge in [0.15, 0.2) is 0 Å². The topological polar surface area (TPSA) is 63.1 Å². The minimum Gasteiger partial charge on any atom is -0.481 e. The smallest absolute Gasteiger partial charge is 0.312 e. The van der Waals surface area contributed by atoms with Crippen molar-refractivity contribution in [1.82, 2.24) is 9.97 Å². The average Bonchev–Trinajstić information content (AvgIpc) is 2.39. The Labute approximate surface area is 109 Å². The number of hydrogen-bond donors (Lipinski definition) is 1. The molecular weight excluding hydrogens is 252 g/mol. The summed E-state index contributed by atoms with van der Waals surface area (Å²) >= 11 is 5.80. The maximum atomic E-state index is 10.8. The zero-order valence-corrected chi connectivity index (χ0v) is 10.4. The Balaban J connectivity index is 2.27. The maximum absolute atomic E-state index is 10.8. The van der Waals surface area contributed by atoms with Gasteiger partial charge in [-0.05, 0) is 19.1 Å². The molecule has 2 rings (SSSR count). The Morgan fingerprint density at radius 2 is 1.89 bits per heavy atom. The van der Waals surface area contributed by atoms with Crippen LogP contribution in [0.3, 0.4) is 0 Å². The van der Waals surface area contributed by atoms with Crippen molar-refractivity contribution >= 4 is 17.6 Å². The highest BCUT2D eigenvalue weighted by molar-refractivity contribution is 6.30. The van der Waals surface area contributed by atoms with Crippen LogP contribution in [0.25, 0.3) is 11.3 Å². The van der Waals surface area contributed by atoms with Crippen molar-refractivity contribution in [2.75, 3.05) is 0 Å². The molecule has 1 unspecified atom stereocenters. The third-order valence-corrected chi connectivity index (χ3v) is 2.88. The number of halogens is 1. The maximum Gasteiger partial charge on any atom is 0.312 e. The summed E-state index contributed by atoms with van der Waals surface area (Å²) in [5, 5.41) is 9.53. The Morgan fingerprint density at radius 1 is 1.22 bits per heavy atom. The second-order valence-electron chi connectivity index (χ2n) is 3.89. The van der Waals surface area contributed by atoms with Crippen LogP contribution in [-0.4, -0.2) is 21.0 Å². The number of aliphatic carboxylic acids is 1. The van der Waals surface area contributed by atoms with E-state index in [1.165, 1.54) is 6.20 Å². The second kappa shape index (κ2) is 5.14. The van der Waals surface area contributed by atoms with E-state index in [4.69, 9.17) is 16.7 Å². The minimum absolute atomic E-state index is 0.445. The fourth-order valence-electron chi connectivity index (χ4n) is 1.46. The zero-order valence-electron chi connectivity index (χ0n) is 9.67. The van der Waals surface area contributed by atoms with Crippen LogP contribution in [0.4, 0.5) is 0 Å². The molecule has 0 saturated heterocycles. The SMILES string of the molecule is CC(C(=O)O)c1cnc(-c2ccc(Cl)cc2)cn1. The van der Waals surface area contributed by atoms with Gasteiger partial charge < -0.3 is 5.11 Å². The molecule has 0 saturated carbocycles. The zero-order chi connectivity index (χ0) is 13.1. The number of rotatable bonds is 3. The molecule has 0 aliphatic carbocycles. The molecule has 1 aromatic carbocycles. The molecule has 0 aliphatic heterocycles. The minimum atomic E-state index is -0.913. The molecule has 1 atom stereocenters. The van der Waals surface area contributed by atoms with Gasteiger partial charge in [-0.15, -0.1) is 0 Å². The summed E-state index contributed by atoms with van der Waals surface area (Å²) in [6.45, 7) is 1.58. The van der Waals surface area contributed by atoms with E-state index in [2.05, 4.69) is 9.97 Å². The second-order valence-corrected chi connectivity index (χ2v) is 4.33. The molecule has 1 N–H and O–H groups in total. The van der Waals surface area contributed by atoms with E-state index >= 15 is 0 Å². The monoisotopic (exact) mass is 262 g/mol. The van der Waals surface area contributed by atoms with Gasteiger partial charge in [0.05, 0.1) is 23.5 Å². The van der Waals surface area contributed by atoms with Crippen LogP contribution < -0.4 is 0 Å². The molecule has 1 aromatic heterocycles. The van der Waals surface area contributed by atoms with Gasteiger partial charge in [0.25, 0.3) is 0 Å². The van der Waals surface area contributed by atoms with Gasteiger partial charge in [0, 0.05) is 16.8 Å². The molecule has 92 valence electrons. The standard InChI is InChI=1S/C13H11ClN2O2/c1-8(13(17)18)11-6-16-12(7-15-11)9-2-4-10(14)5-3-9/h2-8H,1H3,(H,17,18). The lowest BCUT2D eigenvalue weighted by atomic mass is 10.1. The van der Waals surface area contributed by atoms with Crippen LogP contribution in [0.1, 0.15) is 18.5 Å². The van der Waals surface area contributed by atoms with Gasteiger partial charge in [-0.25, -0.2) is 0 Å². The highest BCUT2D eigenvalue weighted by Crippen LogP contribution is 2.20. The number of aromatic nitrogens is 2. The Hall–Kier alpha value is -1.94. The normalized spacial score (nSPS) is 12.1. The van der Waals surface area contributed by atoms with Gasteiger partial charge in [0.2, 0.25) is 0 Å². The summed E-state index contributed by atoms with van der Waals surface area (Å²) in [4.78, 5) is 19.1. The summed E-state index contributed by atoms with van der Waals surface area (Å²) in [5.74, 6) is -1.57. The van der Waals surface area contributed by atoms with Crippen LogP contribution in [0.2, 0.25) is 5.02 Å². The van der Waals surface area contributed by atoms with Crippen molar-refractivity contribution in [3.05, 3.63) is 47.4 Å². The average molecular weight is 263 g/mol. The predicted molar refractivity (Wildman–Crippen MR) is 68.5 cm³/mol. The molecule has 18 heavy (non-hydrogen) atoms. The molecule has 0 bridgehead atoms. The molecule has 0 amide bonds. The van der Waals surface area contributed by atoms with Crippen LogP contribution in [0.15, 0.2) is 36.7 Å². The van der Waals surface area contributed by atoms with Crippen molar-refractivity contribution in [2.45, 2.75) is 12.8 Å². The van der Waals surface area contributed by atoms with Crippen molar-refractivity contribution in [3.63, 3.8) is 0 Å². The predicted octanol–water partition coefficient (Wildman–Crippen LogP) is 2.99. The molecule has 5 heteroatoms. The molecule has 0 radical (unpaired) electrons. The third-order valence-electron chi connectivity index (χ3n) is 2.63. The largest absolute Gasteiger partial charge is 0.481 e. The van der Waals surface area contributed by atoms with Gasteiger partial charge in [0.1, 0.15) is 0 Å². The summed E-state index contributed by atoms with van der Waals surface area (Å²) < 4.78 is 0. The molecular formula is C13H11ClN2O2. The number of carboxylic acid groups (broad SMARTS) is 1. The van der Waals surface area contributed by atoms with Crippen molar-refractivity contribution < 1.29 is 9.90 Å². The van der Waals surface area contributed by atoms with E-state index in [1.54, 1.807) is 25.3 Å². The third kappa shape index (κ3) is 2.65. The first kappa shape index (κ1) is 12.5. The molecule has 2 aromatic rings. The van der Waals surface area contributed by atoms with Crippen molar-refractivity contribution in [1.29, 1.82) is 0 Å². The number of nitrogens with zero attached hydrogens (tertiary/aromatic N) is 2. The number of benzene rings is 1. The first-order valence-corrected chi connectivity index (χ1v) is 5.76. The van der Waals surface area contributed by atoms with Crippen LogP contribution >= 0.6 is 11.6 Å². The number of carbonyl (C=O) groups is 1. The van der Waals surface area contributed by atoms with Crippen molar-refractivity contribution in [2.24, 2.45) is 0 Å². The van der Waals surface area contributed by atoms with Crippen LogP contribution in [0, 0.1) is 0 Å². The quantitative estimate of drug-likeness (QED) is 0.924. The lowest BCUT2D eigenvalue weighted by Crippen LogP contribution is -2.09. The summed E-state index contributed by atoms with van der Waals surface area (Å²) in [7, 11) is 0. The first-order valence-electron chi connectivity index (χ1n) is 5.38. The highest BCUT2D eigenvalue weighted by atomic mass is 35.5. The van der Waals surface area contributed by atoms with Gasteiger partial charge in [-0.3, -0.25) is 14.8 Å². The molecule has 0 aliphatic rings. The Bertz CT molecular complexity index is 552. The summed E-state index contributed by atoms with van der Waals surface area (Å²) in [6.07, 6.45) is 3.06. The van der Waals surface area contributed by atoms with Crippen LogP contribution in [-0.2, 0) is 4.79 Å². The van der Waals surface area contributed by atoms with Crippen LogP contribution in [0.5, 0.6) is 0 Å². The van der Waals surface area contributed by atoms with Crippen molar-refractivity contribution in [3.8, 4) is 11.3 Å². The Kier molecular flexibility index (Phi) is 3.58. The van der Waals surface area contributed by atoms with Gasteiger partial charge >= 0.3 is 5.97 Å². The fraction of sp³-hybridized carbons (Fsp3) is 0.154. The fourth-order valence-corrected chi connectivity index (χ4v) is 1.58. The summed E-state index contributed by atoms with van der Waals surface area (Å²) in [5.41, 5.74) is 2.02. The lowest BCUT2D eigenvalue weighted by Gasteiger charge is -2.06. The molecule has 0 spiro atoms. The summed E-state index contributed by atoms with van der Waals surface area (Å²) in [6, 6.07) is 7.22. The molecule has 1 heterocycles. The molecule has 4 nitrogen and oxygen atoms in total. The highest BCUT2D eigenvalue weighted by Gasteiger charge is 2.15. The first-order chi connectivity index (χ1) is 8.58. The number of carboxylic acids is 1. The van der Waals surface area contributed by atoms with Gasteiger partial charge in [-0.2, -0.15) is 0 Å². The van der Waals surface area contributed by atoms with E-state index in [1.807, 2.05) is 12.1 Å². The van der Waals surface area contributed by atoms with E-state index in [0.717, 1.165) is 5.56 Å². The van der Waals surface area contributed by atoms with E-state index in [-0.39, 0.29) is 0 Å². The van der Waals surface area contributed by atoms with E-state index in [0.29, 0.717) is 16.4 Å². The molecule has 0 fully saturated rings. The Morgan fingerprint density at radius 3 is 2.39 bits per heavy atom.